The van der Waals surface area contributed by atoms with E-state index in [9.17, 15) is 0 Å². The maximum absolute atomic E-state index is 5.97. The second kappa shape index (κ2) is 6.39. The van der Waals surface area contributed by atoms with Crippen molar-refractivity contribution in [1.82, 2.24) is 4.98 Å². The predicted octanol–water partition coefficient (Wildman–Crippen LogP) is 3.00. The minimum absolute atomic E-state index is 0.273. The molecule has 2 heterocycles. The van der Waals surface area contributed by atoms with Crippen LogP contribution in [0.15, 0.2) is 12.1 Å². The van der Waals surface area contributed by atoms with Crippen molar-refractivity contribution in [2.24, 2.45) is 0 Å². The molecule has 1 aliphatic heterocycles. The van der Waals surface area contributed by atoms with Crippen LogP contribution < -0.4 is 4.90 Å². The Kier molecular flexibility index (Phi) is 4.84. The molecule has 0 aliphatic carbocycles. The van der Waals surface area contributed by atoms with Crippen molar-refractivity contribution >= 4 is 17.4 Å². The number of nitrogens with zero attached hydrogens (tertiary/aromatic N) is 2. The molecule has 1 aromatic rings. The number of hydrogen-bond acceptors (Lipinski definition) is 3. The lowest BCUT2D eigenvalue weighted by Gasteiger charge is -2.32. The Morgan fingerprint density at radius 1 is 1.50 bits per heavy atom. The van der Waals surface area contributed by atoms with Gasteiger partial charge in [0.1, 0.15) is 5.82 Å². The minimum Gasteiger partial charge on any atom is -0.375 e. The number of ether oxygens (including phenoxy) is 1. The third-order valence-corrected chi connectivity index (χ3v) is 3.46. The molecule has 0 N–H and O–H groups in total. The van der Waals surface area contributed by atoms with Crippen LogP contribution >= 0.6 is 11.6 Å². The molecule has 2 rings (SSSR count). The van der Waals surface area contributed by atoms with Crippen LogP contribution in [0.5, 0.6) is 0 Å². The van der Waals surface area contributed by atoms with Gasteiger partial charge in [-0.1, -0.05) is 13.3 Å². The fourth-order valence-corrected chi connectivity index (χ4v) is 2.44. The molecule has 0 aromatic carbocycles. The maximum atomic E-state index is 5.97. The molecule has 1 saturated heterocycles. The lowest BCUT2D eigenvalue weighted by Crippen LogP contribution is -2.41. The summed E-state index contributed by atoms with van der Waals surface area (Å²) in [5.41, 5.74) is 2.30. The number of pyridine rings is 1. The molecule has 0 radical (unpaired) electrons. The average Bonchev–Trinajstić information content (AvgIpc) is 2.39. The van der Waals surface area contributed by atoms with Gasteiger partial charge in [-0.2, -0.15) is 0 Å². The van der Waals surface area contributed by atoms with Crippen molar-refractivity contribution in [3.8, 4) is 0 Å². The molecule has 0 amide bonds. The zero-order valence-electron chi connectivity index (χ0n) is 11.2. The molecule has 1 aliphatic rings. The second-order valence-corrected chi connectivity index (χ2v) is 5.10. The third-order valence-electron chi connectivity index (χ3n) is 3.15. The van der Waals surface area contributed by atoms with E-state index in [1.54, 1.807) is 0 Å². The molecule has 0 saturated carbocycles. The van der Waals surface area contributed by atoms with E-state index < -0.39 is 0 Å². The highest BCUT2D eigenvalue weighted by Crippen LogP contribution is 2.20. The molecule has 1 atom stereocenters. The molecule has 100 valence electrons. The number of morpholine rings is 1. The number of halogens is 1. The van der Waals surface area contributed by atoms with Crippen LogP contribution in [0.2, 0.25) is 0 Å². The Hall–Kier alpha value is -0.800. The number of hydrogen-bond donors (Lipinski definition) is 0. The summed E-state index contributed by atoms with van der Waals surface area (Å²) < 4.78 is 5.57. The van der Waals surface area contributed by atoms with Gasteiger partial charge in [-0.3, -0.25) is 0 Å². The first-order valence-corrected chi connectivity index (χ1v) is 7.18. The summed E-state index contributed by atoms with van der Waals surface area (Å²) >= 11 is 5.97. The molecular formula is C14H21ClN2O. The summed E-state index contributed by atoms with van der Waals surface area (Å²) in [7, 11) is 0. The number of rotatable bonds is 4. The Balaban J connectivity index is 2.22. The molecule has 1 unspecified atom stereocenters. The van der Waals surface area contributed by atoms with E-state index in [1.165, 1.54) is 0 Å². The van der Waals surface area contributed by atoms with Crippen LogP contribution in [0.4, 0.5) is 5.82 Å². The highest BCUT2D eigenvalue weighted by Gasteiger charge is 2.18. The number of aryl methyl sites for hydroxylation is 1. The fourth-order valence-electron chi connectivity index (χ4n) is 2.28. The number of alkyl halides is 1. The van der Waals surface area contributed by atoms with Crippen LogP contribution in [0.25, 0.3) is 0 Å². The van der Waals surface area contributed by atoms with Crippen molar-refractivity contribution in [1.29, 1.82) is 0 Å². The minimum atomic E-state index is 0.273. The van der Waals surface area contributed by atoms with Crippen molar-refractivity contribution < 1.29 is 4.74 Å². The van der Waals surface area contributed by atoms with Gasteiger partial charge in [0, 0.05) is 24.7 Å². The quantitative estimate of drug-likeness (QED) is 0.785. The largest absolute Gasteiger partial charge is 0.375 e. The van der Waals surface area contributed by atoms with Gasteiger partial charge in [0.2, 0.25) is 0 Å². The summed E-state index contributed by atoms with van der Waals surface area (Å²) in [6.07, 6.45) is 2.39. The van der Waals surface area contributed by atoms with Crippen LogP contribution in [0, 0.1) is 0 Å². The summed E-state index contributed by atoms with van der Waals surface area (Å²) in [5.74, 6) is 1.60. The van der Waals surface area contributed by atoms with Gasteiger partial charge < -0.3 is 9.64 Å². The zero-order valence-corrected chi connectivity index (χ0v) is 11.9. The standard InChI is InChI=1S/C14H21ClN2O/c1-3-4-13-7-12(9-15)8-14(16-13)17-5-6-18-11(2)10-17/h7-8,11H,3-6,9-10H2,1-2H3. The first kappa shape index (κ1) is 13.6. The smallest absolute Gasteiger partial charge is 0.129 e. The molecular weight excluding hydrogens is 248 g/mol. The monoisotopic (exact) mass is 268 g/mol. The van der Waals surface area contributed by atoms with Gasteiger partial charge in [-0.05, 0) is 31.0 Å². The van der Waals surface area contributed by atoms with Crippen LogP contribution in [0.1, 0.15) is 31.5 Å². The zero-order chi connectivity index (χ0) is 13.0. The third kappa shape index (κ3) is 3.36. The Morgan fingerprint density at radius 2 is 2.33 bits per heavy atom. The lowest BCUT2D eigenvalue weighted by atomic mass is 10.1. The van der Waals surface area contributed by atoms with Gasteiger partial charge in [0.05, 0.1) is 12.7 Å². The van der Waals surface area contributed by atoms with Gasteiger partial charge in [-0.25, -0.2) is 4.98 Å². The van der Waals surface area contributed by atoms with Crippen LogP contribution in [-0.4, -0.2) is 30.8 Å². The van der Waals surface area contributed by atoms with Gasteiger partial charge in [-0.15, -0.1) is 11.6 Å². The molecule has 3 nitrogen and oxygen atoms in total. The lowest BCUT2D eigenvalue weighted by molar-refractivity contribution is 0.0529. The van der Waals surface area contributed by atoms with E-state index in [-0.39, 0.29) is 6.10 Å². The SMILES string of the molecule is CCCc1cc(CCl)cc(N2CCOC(C)C2)n1. The molecule has 1 aromatic heterocycles. The van der Waals surface area contributed by atoms with Gasteiger partial charge in [0.15, 0.2) is 0 Å². The molecule has 0 spiro atoms. The van der Waals surface area contributed by atoms with Crippen LogP contribution in [0.3, 0.4) is 0 Å². The second-order valence-electron chi connectivity index (χ2n) is 4.84. The van der Waals surface area contributed by atoms with E-state index in [0.29, 0.717) is 5.88 Å². The van der Waals surface area contributed by atoms with Crippen molar-refractivity contribution in [3.63, 3.8) is 0 Å². The fraction of sp³-hybridized carbons (Fsp3) is 0.643. The van der Waals surface area contributed by atoms with E-state index in [4.69, 9.17) is 21.3 Å². The number of aromatic nitrogens is 1. The Morgan fingerprint density at radius 3 is 3.00 bits per heavy atom. The van der Waals surface area contributed by atoms with E-state index in [2.05, 4.69) is 30.9 Å². The summed E-state index contributed by atoms with van der Waals surface area (Å²) in [6, 6.07) is 4.22. The van der Waals surface area contributed by atoms with E-state index in [1.807, 2.05) is 0 Å². The predicted molar refractivity (Wildman–Crippen MR) is 75.4 cm³/mol. The topological polar surface area (TPSA) is 25.4 Å². The normalized spacial score (nSPS) is 20.2. The highest BCUT2D eigenvalue weighted by molar-refractivity contribution is 6.17. The van der Waals surface area contributed by atoms with Crippen molar-refractivity contribution in [2.75, 3.05) is 24.6 Å². The first-order chi connectivity index (χ1) is 8.72. The van der Waals surface area contributed by atoms with Crippen molar-refractivity contribution in [3.05, 3.63) is 23.4 Å². The Labute approximate surface area is 114 Å². The average molecular weight is 269 g/mol. The molecule has 18 heavy (non-hydrogen) atoms. The molecule has 0 bridgehead atoms. The summed E-state index contributed by atoms with van der Waals surface area (Å²) in [4.78, 5) is 7.04. The van der Waals surface area contributed by atoms with Gasteiger partial charge in [0.25, 0.3) is 0 Å². The van der Waals surface area contributed by atoms with Crippen molar-refractivity contribution in [2.45, 2.75) is 38.7 Å². The van der Waals surface area contributed by atoms with Crippen LogP contribution in [-0.2, 0) is 17.0 Å². The highest BCUT2D eigenvalue weighted by atomic mass is 35.5. The summed E-state index contributed by atoms with van der Waals surface area (Å²) in [6.45, 7) is 6.87. The van der Waals surface area contributed by atoms with Gasteiger partial charge >= 0.3 is 0 Å². The summed E-state index contributed by atoms with van der Waals surface area (Å²) in [5, 5.41) is 0. The van der Waals surface area contributed by atoms with E-state index in [0.717, 1.165) is 49.6 Å². The van der Waals surface area contributed by atoms with E-state index >= 15 is 0 Å². The maximum Gasteiger partial charge on any atom is 0.129 e. The Bertz CT molecular complexity index is 397. The molecule has 4 heteroatoms. The first-order valence-electron chi connectivity index (χ1n) is 6.65. The number of anilines is 1. The molecule has 1 fully saturated rings.